The van der Waals surface area contributed by atoms with Gasteiger partial charge in [0.05, 0.1) is 0 Å². The number of fused-ring (bicyclic) bond motifs is 2. The lowest BCUT2D eigenvalue weighted by atomic mass is 9.82. The van der Waals surface area contributed by atoms with E-state index in [4.69, 9.17) is 11.5 Å². The van der Waals surface area contributed by atoms with Gasteiger partial charge in [-0.2, -0.15) is 0 Å². The second kappa shape index (κ2) is 13.5. The number of hydrogen-bond acceptors (Lipinski definition) is 4. The Bertz CT molecular complexity index is 2300. The molecular weight excluding hydrogens is 587 g/mol. The minimum atomic E-state index is 0.0746. The van der Waals surface area contributed by atoms with Crippen LogP contribution in [0.4, 0.5) is 11.4 Å². The van der Waals surface area contributed by atoms with Crippen molar-refractivity contribution in [3.63, 3.8) is 0 Å². The highest BCUT2D eigenvalue weighted by Crippen LogP contribution is 2.46. The molecule has 0 aliphatic heterocycles. The average molecular weight is 634 g/mol. The maximum absolute atomic E-state index is 12.7. The monoisotopic (exact) mass is 633 g/mol. The molecule has 0 unspecified atom stereocenters. The topological polar surface area (TPSA) is 95.1 Å². The van der Waals surface area contributed by atoms with Gasteiger partial charge in [-0.1, -0.05) is 79.7 Å². The van der Waals surface area contributed by atoms with E-state index >= 15 is 0 Å². The summed E-state index contributed by atoms with van der Waals surface area (Å²) < 4.78 is 0. The van der Waals surface area contributed by atoms with E-state index in [-0.39, 0.29) is 5.78 Å². The number of allylic oxidation sites excluding steroid dienone is 1. The Morgan fingerprint density at radius 2 is 1.15 bits per heavy atom. The molecule has 244 valence electrons. The van der Waals surface area contributed by atoms with Crippen LogP contribution in [0.25, 0.3) is 59.8 Å². The van der Waals surface area contributed by atoms with E-state index in [0.29, 0.717) is 0 Å². The van der Waals surface area contributed by atoms with Crippen LogP contribution in [0.15, 0.2) is 85.4 Å². The van der Waals surface area contributed by atoms with Crippen molar-refractivity contribution in [2.75, 3.05) is 18.5 Å². The third-order valence-corrected chi connectivity index (χ3v) is 9.53. The zero-order chi connectivity index (χ0) is 35.0. The van der Waals surface area contributed by atoms with Crippen LogP contribution in [-0.4, -0.2) is 12.8 Å². The van der Waals surface area contributed by atoms with Gasteiger partial charge in [0.2, 0.25) is 0 Å². The van der Waals surface area contributed by atoms with E-state index in [9.17, 15) is 4.79 Å². The van der Waals surface area contributed by atoms with Crippen LogP contribution in [0.2, 0.25) is 0 Å². The Labute approximate surface area is 284 Å². The molecule has 7 rings (SSSR count). The number of benzene rings is 7. The molecule has 4 nitrogen and oxygen atoms in total. The Morgan fingerprint density at radius 3 is 1.71 bits per heavy atom. The zero-order valence-corrected chi connectivity index (χ0v) is 29.6. The number of rotatable bonds is 4. The summed E-state index contributed by atoms with van der Waals surface area (Å²) in [4.78, 5) is 12.7. The molecule has 0 saturated heterocycles. The summed E-state index contributed by atoms with van der Waals surface area (Å²) in [6, 6.07) is 27.9. The number of nitrogens with two attached hydrogens (primary N) is 3. The fraction of sp³-hybridized carbons (Fsp3) is 0.205. The molecule has 0 spiro atoms. The molecule has 4 heteroatoms. The van der Waals surface area contributed by atoms with Crippen molar-refractivity contribution in [1.29, 1.82) is 0 Å². The van der Waals surface area contributed by atoms with E-state index in [1.807, 2.05) is 19.1 Å². The minimum absolute atomic E-state index is 0.0746. The van der Waals surface area contributed by atoms with Gasteiger partial charge in [0, 0.05) is 22.3 Å². The average Bonchev–Trinajstić information content (AvgIpc) is 3.06. The first-order valence-electron chi connectivity index (χ1n) is 16.6. The van der Waals surface area contributed by atoms with Gasteiger partial charge in [-0.25, -0.2) is 0 Å². The number of ketones is 1. The number of Topliss-reactive ketones (excluding diaryl/α,β-unsaturated/α-hetero) is 1. The first-order chi connectivity index (χ1) is 22.9. The normalized spacial score (nSPS) is 11.0. The van der Waals surface area contributed by atoms with Gasteiger partial charge in [0.1, 0.15) is 0 Å². The zero-order valence-electron chi connectivity index (χ0n) is 29.6. The fourth-order valence-electron chi connectivity index (χ4n) is 7.10. The molecule has 0 amide bonds. The van der Waals surface area contributed by atoms with Crippen molar-refractivity contribution in [2.24, 2.45) is 5.73 Å². The lowest BCUT2D eigenvalue weighted by Gasteiger charge is -2.21. The number of aryl methyl sites for hydroxylation is 5. The highest BCUT2D eigenvalue weighted by Gasteiger charge is 2.21. The van der Waals surface area contributed by atoms with Crippen molar-refractivity contribution >= 4 is 65.8 Å². The molecule has 0 heterocycles. The fourth-order valence-corrected chi connectivity index (χ4v) is 7.10. The molecule has 0 aromatic heterocycles. The maximum atomic E-state index is 12.7. The third kappa shape index (κ3) is 5.78. The second-order valence-corrected chi connectivity index (χ2v) is 12.8. The summed E-state index contributed by atoms with van der Waals surface area (Å²) in [6.45, 7) is 18.4. The van der Waals surface area contributed by atoms with Gasteiger partial charge in [-0.3, -0.25) is 4.79 Å². The largest absolute Gasteiger partial charge is 0.399 e. The lowest BCUT2D eigenvalue weighted by molar-refractivity contribution is 0.101. The predicted molar refractivity (Wildman–Crippen MR) is 212 cm³/mol. The summed E-state index contributed by atoms with van der Waals surface area (Å²) in [5.74, 6) is 0.0746. The molecule has 0 fully saturated rings. The maximum Gasteiger partial charge on any atom is 0.160 e. The Kier molecular flexibility index (Phi) is 9.61. The highest BCUT2D eigenvalue weighted by molar-refractivity contribution is 6.36. The van der Waals surface area contributed by atoms with Crippen LogP contribution in [0.3, 0.4) is 0 Å². The molecule has 0 radical (unpaired) electrons. The Morgan fingerprint density at radius 1 is 0.583 bits per heavy atom. The van der Waals surface area contributed by atoms with Crippen LogP contribution in [0.5, 0.6) is 0 Å². The molecule has 7 aromatic rings. The summed E-state index contributed by atoms with van der Waals surface area (Å²) in [5, 5.41) is 9.48. The smallest absolute Gasteiger partial charge is 0.160 e. The summed E-state index contributed by atoms with van der Waals surface area (Å²) in [6.07, 6.45) is 1.02. The molecule has 0 aliphatic rings. The number of carbonyl (C=O) groups excluding carboxylic acids is 1. The van der Waals surface area contributed by atoms with Gasteiger partial charge < -0.3 is 17.2 Å². The molecule has 7 aromatic carbocycles. The summed E-state index contributed by atoms with van der Waals surface area (Å²) in [5.41, 5.74) is 29.4. The number of hydrogen-bond donors (Lipinski definition) is 3. The van der Waals surface area contributed by atoms with Gasteiger partial charge in [-0.15, -0.1) is 0 Å². The van der Waals surface area contributed by atoms with Crippen LogP contribution >= 0.6 is 0 Å². The standard InChI is InChI=1S/C34H29NO.C9H13N.CH5N/c1-17(2)22-9-11-26-24-8-7-18(3)31-28(29-15-20(5)30(35)16-19(29)4)14-13-25(33(24)31)27-12-10-23(21(6)36)32(22)34(26)27;1-3-8-5-4-7(2)6-9(8)10;1-2/h7-16H,1,35H2,2-6H3;4-6H,3,10H2,1-2H3;2H2,1H3. The SMILES string of the molecule is C=C(C)c1ccc2c3ccc(C)c4c(-c5cc(C)c(N)cc5C)ccc(c5ccc(C(C)=O)c1c25)c43.CCc1ccc(C)cc1N.CN. The van der Waals surface area contributed by atoms with Crippen LogP contribution in [0, 0.1) is 27.7 Å². The Hall–Kier alpha value is -5.19. The number of carbonyl (C=O) groups is 1. The van der Waals surface area contributed by atoms with Crippen molar-refractivity contribution in [1.82, 2.24) is 0 Å². The molecule has 48 heavy (non-hydrogen) atoms. The quantitative estimate of drug-likeness (QED) is 0.0778. The lowest BCUT2D eigenvalue weighted by Crippen LogP contribution is -1.99. The van der Waals surface area contributed by atoms with E-state index in [1.54, 1.807) is 6.92 Å². The van der Waals surface area contributed by atoms with Crippen LogP contribution in [0.1, 0.15) is 64.5 Å². The van der Waals surface area contributed by atoms with Crippen molar-refractivity contribution < 1.29 is 4.79 Å². The molecule has 0 aliphatic carbocycles. The Balaban J connectivity index is 0.000000321. The van der Waals surface area contributed by atoms with Crippen LogP contribution < -0.4 is 17.2 Å². The predicted octanol–water partition coefficient (Wildman–Crippen LogP) is 10.9. The summed E-state index contributed by atoms with van der Waals surface area (Å²) >= 11 is 0. The first-order valence-corrected chi connectivity index (χ1v) is 16.6. The molecular formula is C44H47N3O. The van der Waals surface area contributed by atoms with Crippen molar-refractivity contribution in [2.45, 2.75) is 54.9 Å². The van der Waals surface area contributed by atoms with E-state index < -0.39 is 0 Å². The number of nitrogen functional groups attached to an aromatic ring is 2. The minimum Gasteiger partial charge on any atom is -0.399 e. The van der Waals surface area contributed by atoms with Crippen molar-refractivity contribution in [3.05, 3.63) is 124 Å². The van der Waals surface area contributed by atoms with E-state index in [2.05, 4.69) is 114 Å². The molecule has 0 atom stereocenters. The van der Waals surface area contributed by atoms with Gasteiger partial charge >= 0.3 is 0 Å². The third-order valence-electron chi connectivity index (χ3n) is 9.53. The van der Waals surface area contributed by atoms with Crippen molar-refractivity contribution in [3.8, 4) is 11.1 Å². The first kappa shape index (κ1) is 34.2. The van der Waals surface area contributed by atoms with E-state index in [0.717, 1.165) is 50.8 Å². The van der Waals surface area contributed by atoms with Crippen LogP contribution in [-0.2, 0) is 6.42 Å². The summed E-state index contributed by atoms with van der Waals surface area (Å²) in [7, 11) is 1.50. The molecule has 0 saturated carbocycles. The number of anilines is 2. The van der Waals surface area contributed by atoms with Gasteiger partial charge in [0.15, 0.2) is 5.78 Å². The van der Waals surface area contributed by atoms with Gasteiger partial charge in [-0.05, 0) is 155 Å². The van der Waals surface area contributed by atoms with Gasteiger partial charge in [0.25, 0.3) is 0 Å². The van der Waals surface area contributed by atoms with E-state index in [1.165, 1.54) is 72.7 Å². The molecule has 6 N–H and O–H groups in total. The highest BCUT2D eigenvalue weighted by atomic mass is 16.1. The second-order valence-electron chi connectivity index (χ2n) is 12.8. The molecule has 0 bridgehead atoms.